The van der Waals surface area contributed by atoms with Gasteiger partial charge in [0.25, 0.3) is 0 Å². The van der Waals surface area contributed by atoms with Crippen LogP contribution in [0.15, 0.2) is 42.5 Å². The maximum Gasteiger partial charge on any atom is 0.319 e. The summed E-state index contributed by atoms with van der Waals surface area (Å²) in [6.45, 7) is 4.66. The van der Waals surface area contributed by atoms with Crippen LogP contribution in [-0.4, -0.2) is 12.6 Å². The van der Waals surface area contributed by atoms with Crippen LogP contribution in [-0.2, 0) is 19.3 Å². The highest BCUT2D eigenvalue weighted by atomic mass is 19.1. The third kappa shape index (κ3) is 4.81. The minimum absolute atomic E-state index is 0.206. The van der Waals surface area contributed by atoms with E-state index in [0.29, 0.717) is 13.0 Å². The van der Waals surface area contributed by atoms with Crippen LogP contribution in [0.1, 0.15) is 30.5 Å². The van der Waals surface area contributed by atoms with Crippen LogP contribution in [0, 0.1) is 5.82 Å². The van der Waals surface area contributed by atoms with Gasteiger partial charge in [0, 0.05) is 12.2 Å². The first kappa shape index (κ1) is 17.0. The van der Waals surface area contributed by atoms with Crippen LogP contribution < -0.4 is 10.6 Å². The van der Waals surface area contributed by atoms with Gasteiger partial charge in [0.15, 0.2) is 0 Å². The lowest BCUT2D eigenvalue weighted by Crippen LogP contribution is -2.31. The Balaban J connectivity index is 1.91. The lowest BCUT2D eigenvalue weighted by atomic mass is 10.0. The van der Waals surface area contributed by atoms with Crippen molar-refractivity contribution in [2.24, 2.45) is 0 Å². The van der Waals surface area contributed by atoms with E-state index in [2.05, 4.69) is 24.5 Å². The molecule has 0 fully saturated rings. The Morgan fingerprint density at radius 3 is 2.17 bits per heavy atom. The quantitative estimate of drug-likeness (QED) is 0.819. The molecule has 2 rings (SSSR count). The molecule has 0 saturated carbocycles. The summed E-state index contributed by atoms with van der Waals surface area (Å²) in [7, 11) is 0. The van der Waals surface area contributed by atoms with Crippen molar-refractivity contribution in [3.63, 3.8) is 0 Å². The summed E-state index contributed by atoms with van der Waals surface area (Å²) in [5.74, 6) is -0.247. The molecule has 0 radical (unpaired) electrons. The van der Waals surface area contributed by atoms with Gasteiger partial charge in [0.1, 0.15) is 5.82 Å². The fourth-order valence-corrected chi connectivity index (χ4v) is 2.53. The molecule has 4 heteroatoms. The molecular formula is C19H23FN2O. The van der Waals surface area contributed by atoms with Crippen molar-refractivity contribution in [1.82, 2.24) is 5.32 Å². The fourth-order valence-electron chi connectivity index (χ4n) is 2.53. The van der Waals surface area contributed by atoms with Crippen LogP contribution in [0.25, 0.3) is 0 Å². The topological polar surface area (TPSA) is 41.1 Å². The molecule has 0 aliphatic heterocycles. The van der Waals surface area contributed by atoms with Crippen LogP contribution in [0.5, 0.6) is 0 Å². The second kappa shape index (κ2) is 8.32. The Morgan fingerprint density at radius 2 is 1.61 bits per heavy atom. The second-order valence-corrected chi connectivity index (χ2v) is 5.42. The van der Waals surface area contributed by atoms with Crippen molar-refractivity contribution < 1.29 is 9.18 Å². The van der Waals surface area contributed by atoms with Crippen molar-refractivity contribution in [2.45, 2.75) is 33.1 Å². The number of anilines is 1. The molecule has 0 heterocycles. The van der Waals surface area contributed by atoms with Gasteiger partial charge in [0.2, 0.25) is 0 Å². The Bertz CT molecular complexity index is 631. The van der Waals surface area contributed by atoms with Gasteiger partial charge in [-0.25, -0.2) is 9.18 Å². The van der Waals surface area contributed by atoms with Gasteiger partial charge < -0.3 is 10.6 Å². The van der Waals surface area contributed by atoms with E-state index in [9.17, 15) is 9.18 Å². The minimum Gasteiger partial charge on any atom is -0.338 e. The number of amides is 2. The average molecular weight is 314 g/mol. The molecule has 0 spiro atoms. The molecule has 0 unspecified atom stereocenters. The first-order valence-corrected chi connectivity index (χ1v) is 8.04. The van der Waals surface area contributed by atoms with E-state index in [1.165, 1.54) is 12.1 Å². The number of hydrogen-bond acceptors (Lipinski definition) is 1. The zero-order valence-corrected chi connectivity index (χ0v) is 13.7. The minimum atomic E-state index is -0.247. The highest BCUT2D eigenvalue weighted by Crippen LogP contribution is 2.22. The van der Waals surface area contributed by atoms with Crippen molar-refractivity contribution in [3.8, 4) is 0 Å². The summed E-state index contributed by atoms with van der Waals surface area (Å²) in [6, 6.07) is 12.2. The predicted octanol–water partition coefficient (Wildman–Crippen LogP) is 4.31. The molecule has 122 valence electrons. The monoisotopic (exact) mass is 314 g/mol. The largest absolute Gasteiger partial charge is 0.338 e. The molecular weight excluding hydrogens is 291 g/mol. The number of nitrogens with one attached hydrogen (secondary N) is 2. The van der Waals surface area contributed by atoms with E-state index in [0.717, 1.165) is 35.2 Å². The first-order valence-electron chi connectivity index (χ1n) is 8.04. The summed E-state index contributed by atoms with van der Waals surface area (Å²) in [4.78, 5) is 12.1. The number of carbonyl (C=O) groups is 1. The highest BCUT2D eigenvalue weighted by molar-refractivity contribution is 5.91. The average Bonchev–Trinajstić information content (AvgIpc) is 2.57. The van der Waals surface area contributed by atoms with E-state index in [1.807, 2.05) is 18.2 Å². The summed E-state index contributed by atoms with van der Waals surface area (Å²) < 4.78 is 12.8. The molecule has 0 saturated heterocycles. The number of para-hydroxylation sites is 1. The maximum atomic E-state index is 12.8. The normalized spacial score (nSPS) is 10.4. The molecule has 2 N–H and O–H groups in total. The Labute approximate surface area is 136 Å². The van der Waals surface area contributed by atoms with Gasteiger partial charge in [-0.05, 0) is 48.1 Å². The summed E-state index contributed by atoms with van der Waals surface area (Å²) >= 11 is 0. The molecule has 2 amide bonds. The van der Waals surface area contributed by atoms with Gasteiger partial charge in [0.05, 0.1) is 0 Å². The molecule has 0 bridgehead atoms. The number of carbonyl (C=O) groups excluding carboxylic acids is 1. The summed E-state index contributed by atoms with van der Waals surface area (Å²) in [6.07, 6.45) is 2.42. The Morgan fingerprint density at radius 1 is 1.00 bits per heavy atom. The fraction of sp³-hybridized carbons (Fsp3) is 0.316. The molecule has 3 nitrogen and oxygen atoms in total. The Kier molecular flexibility index (Phi) is 6.15. The van der Waals surface area contributed by atoms with Crippen molar-refractivity contribution >= 4 is 11.7 Å². The SMILES string of the molecule is CCc1cccc(CC)c1NC(=O)NCCc1ccc(F)cc1. The van der Waals surface area contributed by atoms with Gasteiger partial charge >= 0.3 is 6.03 Å². The summed E-state index contributed by atoms with van der Waals surface area (Å²) in [5.41, 5.74) is 4.18. The van der Waals surface area contributed by atoms with Gasteiger partial charge in [-0.15, -0.1) is 0 Å². The molecule has 23 heavy (non-hydrogen) atoms. The van der Waals surface area contributed by atoms with Crippen LogP contribution in [0.2, 0.25) is 0 Å². The standard InChI is InChI=1S/C19H23FN2O/c1-3-15-6-5-7-16(4-2)18(15)22-19(23)21-13-12-14-8-10-17(20)11-9-14/h5-11H,3-4,12-13H2,1-2H3,(H2,21,22,23). The van der Waals surface area contributed by atoms with E-state index >= 15 is 0 Å². The third-order valence-electron chi connectivity index (χ3n) is 3.85. The second-order valence-electron chi connectivity index (χ2n) is 5.42. The summed E-state index contributed by atoms with van der Waals surface area (Å²) in [5, 5.41) is 5.82. The number of hydrogen-bond donors (Lipinski definition) is 2. The lowest BCUT2D eigenvalue weighted by molar-refractivity contribution is 0.252. The van der Waals surface area contributed by atoms with Crippen LogP contribution in [0.3, 0.4) is 0 Å². The highest BCUT2D eigenvalue weighted by Gasteiger charge is 2.09. The van der Waals surface area contributed by atoms with E-state index < -0.39 is 0 Å². The van der Waals surface area contributed by atoms with Crippen LogP contribution in [0.4, 0.5) is 14.9 Å². The molecule has 0 aliphatic carbocycles. The van der Waals surface area contributed by atoms with E-state index in [-0.39, 0.29) is 11.8 Å². The number of benzene rings is 2. The zero-order valence-electron chi connectivity index (χ0n) is 13.7. The molecule has 0 aliphatic rings. The number of rotatable bonds is 6. The predicted molar refractivity (Wildman–Crippen MR) is 92.3 cm³/mol. The Hall–Kier alpha value is -2.36. The molecule has 2 aromatic carbocycles. The van der Waals surface area contributed by atoms with Crippen molar-refractivity contribution in [2.75, 3.05) is 11.9 Å². The van der Waals surface area contributed by atoms with Gasteiger partial charge in [-0.2, -0.15) is 0 Å². The van der Waals surface area contributed by atoms with Crippen molar-refractivity contribution in [1.29, 1.82) is 0 Å². The molecule has 0 aromatic heterocycles. The van der Waals surface area contributed by atoms with E-state index in [4.69, 9.17) is 0 Å². The first-order chi connectivity index (χ1) is 11.1. The van der Waals surface area contributed by atoms with Crippen molar-refractivity contribution in [3.05, 3.63) is 65.0 Å². The smallest absolute Gasteiger partial charge is 0.319 e. The van der Waals surface area contributed by atoms with E-state index in [1.54, 1.807) is 12.1 Å². The number of aryl methyl sites for hydroxylation is 2. The third-order valence-corrected chi connectivity index (χ3v) is 3.85. The lowest BCUT2D eigenvalue weighted by Gasteiger charge is -2.15. The van der Waals surface area contributed by atoms with Gasteiger partial charge in [-0.1, -0.05) is 44.2 Å². The number of halogens is 1. The zero-order chi connectivity index (χ0) is 16.7. The maximum absolute atomic E-state index is 12.8. The van der Waals surface area contributed by atoms with Crippen LogP contribution >= 0.6 is 0 Å². The number of urea groups is 1. The molecule has 0 atom stereocenters. The molecule has 2 aromatic rings. The van der Waals surface area contributed by atoms with Gasteiger partial charge in [-0.3, -0.25) is 0 Å².